The van der Waals surface area contributed by atoms with Crippen molar-refractivity contribution in [3.8, 4) is 0 Å². The van der Waals surface area contributed by atoms with Gasteiger partial charge in [-0.2, -0.15) is 0 Å². The fraction of sp³-hybridized carbons (Fsp3) is 0. The van der Waals surface area contributed by atoms with E-state index in [0.717, 1.165) is 0 Å². The average Bonchev–Trinajstić information content (AvgIpc) is 1.65. The van der Waals surface area contributed by atoms with Crippen molar-refractivity contribution < 1.29 is 13.6 Å². The molecule has 0 rings (SSSR count). The molecule has 5 N–H and O–H groups in total. The van der Waals surface area contributed by atoms with Crippen LogP contribution in [-0.2, 0) is 11.3 Å². The lowest BCUT2D eigenvalue weighted by molar-refractivity contribution is 0.246. The number of hydrazine groups is 1. The van der Waals surface area contributed by atoms with Gasteiger partial charge in [-0.15, -0.1) is 0 Å². The molecule has 0 aliphatic carbocycles. The maximum Gasteiger partial charge on any atom is 0.342 e. The van der Waals surface area contributed by atoms with Crippen molar-refractivity contribution in [1.29, 1.82) is 0 Å². The van der Waals surface area contributed by atoms with Crippen molar-refractivity contribution in [2.24, 2.45) is 5.84 Å². The highest BCUT2D eigenvalue weighted by Gasteiger charge is 1.96. The number of hydrogen-bond acceptors (Lipinski definition) is 3. The number of rotatable bonds is 1. The second-order valence-corrected chi connectivity index (χ2v) is 1.53. The van der Waals surface area contributed by atoms with Crippen LogP contribution < -0.4 is 16.0 Å². The Labute approximate surface area is 47.8 Å². The summed E-state index contributed by atoms with van der Waals surface area (Å²) in [5, 5.41) is 0. The van der Waals surface area contributed by atoms with E-state index < -0.39 is 17.3 Å². The molecule has 48 valence electrons. The maximum atomic E-state index is 9.92. The van der Waals surface area contributed by atoms with Crippen LogP contribution in [0.15, 0.2) is 0 Å². The van der Waals surface area contributed by atoms with Gasteiger partial charge in [0, 0.05) is 0 Å². The lowest BCUT2D eigenvalue weighted by Crippen LogP contribution is -2.40. The molecular formula is CH5N3O3S. The number of hydrogen-bond donors (Lipinski definition) is 4. The third kappa shape index (κ3) is 3.53. The SMILES string of the molecule is NNC(=O)NS(=O)O. The van der Waals surface area contributed by atoms with Gasteiger partial charge in [0.15, 0.2) is 0 Å². The predicted molar refractivity (Wildman–Crippen MR) is 26.6 cm³/mol. The van der Waals surface area contributed by atoms with Gasteiger partial charge in [-0.25, -0.2) is 19.6 Å². The summed E-state index contributed by atoms with van der Waals surface area (Å²) in [6, 6.07) is -0.897. The molecule has 8 heavy (non-hydrogen) atoms. The Hall–Kier alpha value is -0.660. The number of carbonyl (C=O) groups excluding carboxylic acids is 1. The van der Waals surface area contributed by atoms with Crippen molar-refractivity contribution in [3.63, 3.8) is 0 Å². The number of carbonyl (C=O) groups is 1. The van der Waals surface area contributed by atoms with Crippen LogP contribution in [0.5, 0.6) is 0 Å². The largest absolute Gasteiger partial charge is 0.342 e. The Morgan fingerprint density at radius 2 is 2.25 bits per heavy atom. The van der Waals surface area contributed by atoms with Crippen LogP contribution in [0.2, 0.25) is 0 Å². The van der Waals surface area contributed by atoms with Crippen molar-refractivity contribution in [1.82, 2.24) is 10.1 Å². The van der Waals surface area contributed by atoms with E-state index in [1.165, 1.54) is 0 Å². The van der Waals surface area contributed by atoms with Gasteiger partial charge in [0.05, 0.1) is 0 Å². The van der Waals surface area contributed by atoms with Gasteiger partial charge in [0.25, 0.3) is 11.3 Å². The molecule has 0 spiro atoms. The average molecular weight is 139 g/mol. The Kier molecular flexibility index (Phi) is 3.08. The molecule has 0 heterocycles. The van der Waals surface area contributed by atoms with E-state index in [1.807, 2.05) is 0 Å². The molecular weight excluding hydrogens is 134 g/mol. The first-order valence-corrected chi connectivity index (χ1v) is 2.65. The molecule has 0 aliphatic heterocycles. The van der Waals surface area contributed by atoms with Gasteiger partial charge in [0.1, 0.15) is 0 Å². The molecule has 0 bridgehead atoms. The molecule has 0 aliphatic rings. The molecule has 0 radical (unpaired) electrons. The maximum absolute atomic E-state index is 9.92. The summed E-state index contributed by atoms with van der Waals surface area (Å²) in [6.45, 7) is 0. The predicted octanol–water partition coefficient (Wildman–Crippen LogP) is -1.70. The highest BCUT2D eigenvalue weighted by atomic mass is 32.2. The molecule has 0 fully saturated rings. The summed E-state index contributed by atoms with van der Waals surface area (Å²) in [5.41, 5.74) is 1.59. The second-order valence-electron chi connectivity index (χ2n) is 0.825. The van der Waals surface area contributed by atoms with E-state index in [9.17, 15) is 9.00 Å². The zero-order valence-corrected chi connectivity index (χ0v) is 4.57. The summed E-state index contributed by atoms with van der Waals surface area (Å²) >= 11 is -2.34. The zero-order chi connectivity index (χ0) is 6.57. The van der Waals surface area contributed by atoms with Crippen LogP contribution in [0.3, 0.4) is 0 Å². The van der Waals surface area contributed by atoms with Crippen LogP contribution in [0.1, 0.15) is 0 Å². The number of urea groups is 1. The fourth-order valence-corrected chi connectivity index (χ4v) is 0.326. The minimum absolute atomic E-state index is 0.897. The van der Waals surface area contributed by atoms with Gasteiger partial charge in [0.2, 0.25) is 0 Å². The van der Waals surface area contributed by atoms with E-state index in [2.05, 4.69) is 5.84 Å². The number of amides is 2. The van der Waals surface area contributed by atoms with E-state index in [-0.39, 0.29) is 0 Å². The number of nitrogens with one attached hydrogen (secondary N) is 2. The lowest BCUT2D eigenvalue weighted by Gasteiger charge is -1.94. The monoisotopic (exact) mass is 139 g/mol. The minimum atomic E-state index is -2.34. The number of nitrogens with two attached hydrogens (primary N) is 1. The van der Waals surface area contributed by atoms with E-state index in [0.29, 0.717) is 0 Å². The van der Waals surface area contributed by atoms with Crippen LogP contribution in [0, 0.1) is 0 Å². The molecule has 2 amide bonds. The lowest BCUT2D eigenvalue weighted by atomic mass is 11.2. The molecule has 0 saturated heterocycles. The second kappa shape index (κ2) is 3.36. The highest BCUT2D eigenvalue weighted by Crippen LogP contribution is 1.61. The van der Waals surface area contributed by atoms with Gasteiger partial charge in [-0.1, -0.05) is 0 Å². The van der Waals surface area contributed by atoms with Crippen molar-refractivity contribution in [2.45, 2.75) is 0 Å². The van der Waals surface area contributed by atoms with Crippen molar-refractivity contribution in [3.05, 3.63) is 0 Å². The van der Waals surface area contributed by atoms with Crippen LogP contribution in [-0.4, -0.2) is 14.8 Å². The molecule has 0 saturated carbocycles. The quantitative estimate of drug-likeness (QED) is 0.150. The summed E-state index contributed by atoms with van der Waals surface area (Å²) < 4.78 is 19.1. The van der Waals surface area contributed by atoms with E-state index in [4.69, 9.17) is 4.55 Å². The van der Waals surface area contributed by atoms with Gasteiger partial charge in [-0.05, 0) is 0 Å². The molecule has 1 atom stereocenters. The molecule has 6 nitrogen and oxygen atoms in total. The van der Waals surface area contributed by atoms with E-state index >= 15 is 0 Å². The van der Waals surface area contributed by atoms with Crippen molar-refractivity contribution in [2.75, 3.05) is 0 Å². The first-order chi connectivity index (χ1) is 3.66. The topological polar surface area (TPSA) is 104 Å². The van der Waals surface area contributed by atoms with Gasteiger partial charge in [-0.3, -0.25) is 9.98 Å². The Bertz CT molecular complexity index is 113. The van der Waals surface area contributed by atoms with Crippen molar-refractivity contribution >= 4 is 17.3 Å². The normalized spacial score (nSPS) is 12.2. The van der Waals surface area contributed by atoms with Crippen LogP contribution in [0.25, 0.3) is 0 Å². The molecule has 0 aromatic heterocycles. The molecule has 0 aromatic rings. The molecule has 0 aromatic carbocycles. The highest BCUT2D eigenvalue weighted by molar-refractivity contribution is 7.77. The molecule has 1 unspecified atom stereocenters. The van der Waals surface area contributed by atoms with Gasteiger partial charge >= 0.3 is 6.03 Å². The van der Waals surface area contributed by atoms with Crippen LogP contribution >= 0.6 is 0 Å². The summed E-state index contributed by atoms with van der Waals surface area (Å²) in [5.74, 6) is 4.51. The smallest absolute Gasteiger partial charge is 0.289 e. The summed E-state index contributed by atoms with van der Waals surface area (Å²) in [6.07, 6.45) is 0. The summed E-state index contributed by atoms with van der Waals surface area (Å²) in [4.78, 5) is 9.92. The Morgan fingerprint density at radius 3 is 2.38 bits per heavy atom. The van der Waals surface area contributed by atoms with Gasteiger partial charge < -0.3 is 0 Å². The minimum Gasteiger partial charge on any atom is -0.289 e. The van der Waals surface area contributed by atoms with E-state index in [1.54, 1.807) is 10.1 Å². The zero-order valence-electron chi connectivity index (χ0n) is 3.75. The fourth-order valence-electron chi connectivity index (χ4n) is 0.109. The van der Waals surface area contributed by atoms with Crippen LogP contribution in [0.4, 0.5) is 4.79 Å². The Morgan fingerprint density at radius 1 is 1.75 bits per heavy atom. The Balaban J connectivity index is 3.40. The first kappa shape index (κ1) is 7.34. The third-order valence-electron chi connectivity index (χ3n) is 0.311. The standard InChI is InChI=1S/CH5N3O3S/c2-3-1(5)4-8(6)7/h2H2,(H,6,7)(H2,3,4,5). The third-order valence-corrected chi connectivity index (χ3v) is 0.671. The first-order valence-electron chi connectivity index (χ1n) is 1.55. The summed E-state index contributed by atoms with van der Waals surface area (Å²) in [7, 11) is 0. The molecule has 7 heteroatoms.